The number of nitrogens with one attached hydrogen (secondary N) is 1. The first kappa shape index (κ1) is 12.9. The maximum Gasteiger partial charge on any atom is 0.270 e. The van der Waals surface area contributed by atoms with Gasteiger partial charge in [-0.1, -0.05) is 0 Å². The van der Waals surface area contributed by atoms with Crippen molar-refractivity contribution in [2.75, 3.05) is 6.54 Å². The zero-order valence-electron chi connectivity index (χ0n) is 8.19. The van der Waals surface area contributed by atoms with Gasteiger partial charge in [0, 0.05) is 18.5 Å². The second-order valence-corrected chi connectivity index (χ2v) is 3.89. The van der Waals surface area contributed by atoms with E-state index in [4.69, 9.17) is 10.8 Å². The fraction of sp³-hybridized carbons (Fsp3) is 0.500. The van der Waals surface area contributed by atoms with Gasteiger partial charge in [-0.05, 0) is 0 Å². The van der Waals surface area contributed by atoms with Gasteiger partial charge in [-0.15, -0.1) is 11.3 Å². The SMILES string of the molecule is NCc1nc(C(=O)NCC(O)C(F)F)cs1. The number of hydrogen-bond acceptors (Lipinski definition) is 5. The number of nitrogens with two attached hydrogens (primary N) is 1. The first-order valence-corrected chi connectivity index (χ1v) is 5.31. The average Bonchev–Trinajstić information content (AvgIpc) is 2.73. The summed E-state index contributed by atoms with van der Waals surface area (Å²) in [5.74, 6) is -0.601. The zero-order chi connectivity index (χ0) is 12.1. The minimum atomic E-state index is -2.88. The van der Waals surface area contributed by atoms with Crippen LogP contribution in [0.4, 0.5) is 8.78 Å². The van der Waals surface area contributed by atoms with Crippen LogP contribution < -0.4 is 11.1 Å². The van der Waals surface area contributed by atoms with Gasteiger partial charge in [-0.25, -0.2) is 13.8 Å². The lowest BCUT2D eigenvalue weighted by atomic mass is 10.3. The number of aromatic nitrogens is 1. The van der Waals surface area contributed by atoms with E-state index in [1.165, 1.54) is 16.7 Å². The number of alkyl halides is 2. The Balaban J connectivity index is 2.46. The molecular formula is C8H11F2N3O2S. The maximum absolute atomic E-state index is 11.9. The first-order valence-electron chi connectivity index (χ1n) is 4.43. The molecule has 0 radical (unpaired) electrons. The van der Waals surface area contributed by atoms with Crippen LogP contribution in [0.2, 0.25) is 0 Å². The van der Waals surface area contributed by atoms with Crippen LogP contribution in [-0.4, -0.2) is 35.1 Å². The first-order chi connectivity index (χ1) is 7.54. The van der Waals surface area contributed by atoms with Crippen LogP contribution in [0.1, 0.15) is 15.5 Å². The number of amides is 1. The van der Waals surface area contributed by atoms with Gasteiger partial charge in [-0.3, -0.25) is 4.79 Å². The summed E-state index contributed by atoms with van der Waals surface area (Å²) in [6.45, 7) is -0.288. The molecule has 5 nitrogen and oxygen atoms in total. The zero-order valence-corrected chi connectivity index (χ0v) is 9.01. The van der Waals surface area contributed by atoms with Gasteiger partial charge in [-0.2, -0.15) is 0 Å². The highest BCUT2D eigenvalue weighted by molar-refractivity contribution is 7.09. The molecule has 0 saturated heterocycles. The van der Waals surface area contributed by atoms with Crippen molar-refractivity contribution in [3.8, 4) is 0 Å². The lowest BCUT2D eigenvalue weighted by Gasteiger charge is -2.09. The fourth-order valence-electron chi connectivity index (χ4n) is 0.886. The van der Waals surface area contributed by atoms with Gasteiger partial charge in [0.15, 0.2) is 0 Å². The minimum Gasteiger partial charge on any atom is -0.385 e. The molecule has 16 heavy (non-hydrogen) atoms. The van der Waals surface area contributed by atoms with Gasteiger partial charge in [0.1, 0.15) is 16.8 Å². The number of aliphatic hydroxyl groups is 1. The van der Waals surface area contributed by atoms with Crippen LogP contribution in [0.25, 0.3) is 0 Å². The Labute approximate surface area is 94.3 Å². The average molecular weight is 251 g/mol. The molecule has 0 bridgehead atoms. The molecular weight excluding hydrogens is 240 g/mol. The Bertz CT molecular complexity index is 359. The molecule has 1 atom stereocenters. The standard InChI is InChI=1S/C8H11F2N3O2S/c9-7(10)5(14)2-12-8(15)4-3-16-6(1-11)13-4/h3,5,7,14H,1-2,11H2,(H,12,15). The van der Waals surface area contributed by atoms with Crippen LogP contribution in [-0.2, 0) is 6.54 Å². The number of thiazole rings is 1. The third kappa shape index (κ3) is 3.47. The van der Waals surface area contributed by atoms with E-state index < -0.39 is 25.0 Å². The summed E-state index contributed by atoms with van der Waals surface area (Å²) in [7, 11) is 0. The summed E-state index contributed by atoms with van der Waals surface area (Å²) in [5, 5.41) is 13.0. The molecule has 1 aromatic heterocycles. The summed E-state index contributed by atoms with van der Waals surface area (Å²) in [6.07, 6.45) is -4.74. The predicted molar refractivity (Wildman–Crippen MR) is 54.3 cm³/mol. The van der Waals surface area contributed by atoms with E-state index >= 15 is 0 Å². The highest BCUT2D eigenvalue weighted by Crippen LogP contribution is 2.08. The van der Waals surface area contributed by atoms with Crippen LogP contribution in [0.3, 0.4) is 0 Å². The van der Waals surface area contributed by atoms with Gasteiger partial charge in [0.2, 0.25) is 0 Å². The largest absolute Gasteiger partial charge is 0.385 e. The van der Waals surface area contributed by atoms with Gasteiger partial charge in [0.05, 0.1) is 0 Å². The van der Waals surface area contributed by atoms with Crippen LogP contribution >= 0.6 is 11.3 Å². The van der Waals surface area contributed by atoms with Crippen molar-refractivity contribution in [3.05, 3.63) is 16.1 Å². The normalized spacial score (nSPS) is 12.8. The molecule has 0 aliphatic heterocycles. The summed E-state index contributed by atoms with van der Waals surface area (Å²) in [6, 6.07) is 0. The summed E-state index contributed by atoms with van der Waals surface area (Å²) < 4.78 is 23.8. The number of hydrogen-bond donors (Lipinski definition) is 3. The van der Waals surface area contributed by atoms with E-state index in [0.717, 1.165) is 0 Å². The molecule has 0 aliphatic rings. The molecule has 0 fully saturated rings. The quantitative estimate of drug-likeness (QED) is 0.685. The fourth-order valence-corrected chi connectivity index (χ4v) is 1.54. The number of halogens is 2. The molecule has 1 amide bonds. The van der Waals surface area contributed by atoms with Crippen LogP contribution in [0.5, 0.6) is 0 Å². The van der Waals surface area contributed by atoms with Crippen molar-refractivity contribution in [3.63, 3.8) is 0 Å². The van der Waals surface area contributed by atoms with Crippen LogP contribution in [0.15, 0.2) is 5.38 Å². The molecule has 4 N–H and O–H groups in total. The van der Waals surface area contributed by atoms with Crippen molar-refractivity contribution >= 4 is 17.2 Å². The Morgan fingerprint density at radius 2 is 2.38 bits per heavy atom. The predicted octanol–water partition coefficient (Wildman–Crippen LogP) is -0.0424. The Morgan fingerprint density at radius 3 is 2.88 bits per heavy atom. The molecule has 0 aromatic carbocycles. The van der Waals surface area contributed by atoms with Crippen molar-refractivity contribution in [2.24, 2.45) is 5.73 Å². The molecule has 0 spiro atoms. The topological polar surface area (TPSA) is 88.2 Å². The van der Waals surface area contributed by atoms with E-state index in [9.17, 15) is 13.6 Å². The smallest absolute Gasteiger partial charge is 0.270 e. The summed E-state index contributed by atoms with van der Waals surface area (Å²) in [5.41, 5.74) is 5.42. The molecule has 0 aliphatic carbocycles. The molecule has 0 saturated carbocycles. The van der Waals surface area contributed by atoms with E-state index in [2.05, 4.69) is 10.3 Å². The number of aliphatic hydroxyl groups excluding tert-OH is 1. The van der Waals surface area contributed by atoms with Gasteiger partial charge < -0.3 is 16.2 Å². The third-order valence-corrected chi connectivity index (χ3v) is 2.59. The Kier molecular flexibility index (Phi) is 4.71. The van der Waals surface area contributed by atoms with Crippen molar-refractivity contribution in [1.82, 2.24) is 10.3 Å². The van der Waals surface area contributed by atoms with Crippen molar-refractivity contribution < 1.29 is 18.7 Å². The lowest BCUT2D eigenvalue weighted by molar-refractivity contribution is -0.00272. The highest BCUT2D eigenvalue weighted by atomic mass is 32.1. The number of nitrogens with zero attached hydrogens (tertiary/aromatic N) is 1. The number of carbonyl (C=O) groups is 1. The number of carbonyl (C=O) groups excluding carboxylic acids is 1. The molecule has 1 aromatic rings. The second-order valence-electron chi connectivity index (χ2n) is 2.94. The molecule has 1 heterocycles. The molecule has 1 unspecified atom stereocenters. The van der Waals surface area contributed by atoms with E-state index in [-0.39, 0.29) is 12.2 Å². The third-order valence-electron chi connectivity index (χ3n) is 1.72. The summed E-state index contributed by atoms with van der Waals surface area (Å²) in [4.78, 5) is 15.2. The highest BCUT2D eigenvalue weighted by Gasteiger charge is 2.18. The maximum atomic E-state index is 11.9. The van der Waals surface area contributed by atoms with E-state index in [0.29, 0.717) is 5.01 Å². The molecule has 90 valence electrons. The van der Waals surface area contributed by atoms with Crippen LogP contribution in [0, 0.1) is 0 Å². The summed E-state index contributed by atoms with van der Waals surface area (Å²) >= 11 is 1.21. The monoisotopic (exact) mass is 251 g/mol. The second kappa shape index (κ2) is 5.83. The molecule has 8 heteroatoms. The van der Waals surface area contributed by atoms with Gasteiger partial charge >= 0.3 is 0 Å². The van der Waals surface area contributed by atoms with Crippen molar-refractivity contribution in [1.29, 1.82) is 0 Å². The van der Waals surface area contributed by atoms with Gasteiger partial charge in [0.25, 0.3) is 12.3 Å². The number of rotatable bonds is 5. The molecule has 1 rings (SSSR count). The van der Waals surface area contributed by atoms with Crippen molar-refractivity contribution in [2.45, 2.75) is 19.1 Å². The van der Waals surface area contributed by atoms with E-state index in [1.807, 2.05) is 0 Å². The Hall–Kier alpha value is -1.12. The van der Waals surface area contributed by atoms with E-state index in [1.54, 1.807) is 0 Å². The minimum absolute atomic E-state index is 0.118. The Morgan fingerprint density at radius 1 is 1.69 bits per heavy atom. The lowest BCUT2D eigenvalue weighted by Crippen LogP contribution is -2.36.